The summed E-state index contributed by atoms with van der Waals surface area (Å²) < 4.78 is 0. The van der Waals surface area contributed by atoms with Gasteiger partial charge in [-0.25, -0.2) is 17.1 Å². The van der Waals surface area contributed by atoms with Crippen LogP contribution < -0.4 is 0 Å². The molecule has 0 aromatic carbocycles. The molecule has 0 aromatic heterocycles. The van der Waals surface area contributed by atoms with Gasteiger partial charge in [-0.05, 0) is 0 Å². The number of allylic oxidation sites excluding steroid dienone is 2. The average molecular weight is 171 g/mol. The first-order valence-corrected chi connectivity index (χ1v) is 3.63. The Bertz CT molecular complexity index is 147. The Balaban J connectivity index is 0.000000810. The van der Waals surface area contributed by atoms with Gasteiger partial charge in [0.1, 0.15) is 0 Å². The van der Waals surface area contributed by atoms with Gasteiger partial charge in [-0.15, -0.1) is 26.2 Å². The van der Waals surface area contributed by atoms with E-state index in [9.17, 15) is 0 Å². The standard InChI is InChI=1S/C9H15.Ti/c1-6-5-7(2)9(4)8(6)3;/h6H,5H2,1-4H3;/q-1;. The van der Waals surface area contributed by atoms with Crippen molar-refractivity contribution in [3.8, 4) is 0 Å². The van der Waals surface area contributed by atoms with Crippen molar-refractivity contribution in [3.05, 3.63) is 17.1 Å². The molecule has 56 valence electrons. The fourth-order valence-corrected chi connectivity index (χ4v) is 1.47. The van der Waals surface area contributed by atoms with E-state index in [-0.39, 0.29) is 21.7 Å². The molecule has 0 radical (unpaired) electrons. The van der Waals surface area contributed by atoms with Gasteiger partial charge in [0.2, 0.25) is 0 Å². The van der Waals surface area contributed by atoms with Crippen LogP contribution in [-0.2, 0) is 21.7 Å². The fourth-order valence-electron chi connectivity index (χ4n) is 1.47. The molecule has 0 N–H and O–H groups in total. The van der Waals surface area contributed by atoms with E-state index in [1.807, 2.05) is 0 Å². The Kier molecular flexibility index (Phi) is 3.76. The Morgan fingerprint density at radius 1 is 1.40 bits per heavy atom. The van der Waals surface area contributed by atoms with Crippen LogP contribution >= 0.6 is 0 Å². The van der Waals surface area contributed by atoms with Crippen LogP contribution in [0.1, 0.15) is 34.1 Å². The summed E-state index contributed by atoms with van der Waals surface area (Å²) in [5.41, 5.74) is 3.13. The van der Waals surface area contributed by atoms with Crippen LogP contribution in [0.4, 0.5) is 0 Å². The molecule has 0 fully saturated rings. The molecule has 1 aliphatic carbocycles. The molecule has 1 unspecified atom stereocenters. The summed E-state index contributed by atoms with van der Waals surface area (Å²) in [7, 11) is 0. The van der Waals surface area contributed by atoms with Gasteiger partial charge >= 0.3 is 0 Å². The molecule has 0 saturated carbocycles. The second-order valence-corrected chi connectivity index (χ2v) is 3.19. The molecule has 0 aromatic rings. The van der Waals surface area contributed by atoms with Crippen molar-refractivity contribution in [2.45, 2.75) is 34.1 Å². The van der Waals surface area contributed by atoms with E-state index in [1.165, 1.54) is 6.42 Å². The summed E-state index contributed by atoms with van der Waals surface area (Å²) >= 11 is 0. The molecule has 0 amide bonds. The quantitative estimate of drug-likeness (QED) is 0.388. The fraction of sp³-hybridized carbons (Fsp3) is 0.667. The average Bonchev–Trinajstić information content (AvgIpc) is 1.98. The van der Waals surface area contributed by atoms with Crippen LogP contribution in [0.2, 0.25) is 0 Å². The van der Waals surface area contributed by atoms with Crippen LogP contribution in [-0.4, -0.2) is 0 Å². The molecule has 0 bridgehead atoms. The Morgan fingerprint density at radius 2 is 1.90 bits per heavy atom. The molecule has 0 spiro atoms. The summed E-state index contributed by atoms with van der Waals surface area (Å²) in [4.78, 5) is 0. The van der Waals surface area contributed by atoms with E-state index in [4.69, 9.17) is 0 Å². The van der Waals surface area contributed by atoms with Crippen molar-refractivity contribution in [3.63, 3.8) is 0 Å². The zero-order valence-electron chi connectivity index (χ0n) is 7.28. The molecule has 1 atom stereocenters. The maximum atomic E-state index is 2.30. The third kappa shape index (κ3) is 1.68. The van der Waals surface area contributed by atoms with Gasteiger partial charge in [0, 0.05) is 21.7 Å². The second-order valence-electron chi connectivity index (χ2n) is 3.19. The van der Waals surface area contributed by atoms with Crippen LogP contribution in [0.5, 0.6) is 0 Å². The third-order valence-corrected chi connectivity index (χ3v) is 2.58. The molecule has 1 heteroatoms. The maximum absolute atomic E-state index is 2.30. The second kappa shape index (κ2) is 3.64. The molecule has 1 rings (SSSR count). The van der Waals surface area contributed by atoms with E-state index in [0.717, 1.165) is 5.92 Å². The SMILES string of the molecule is CC1=C(C)[C-](C)C(C)C1.[Ti]. The van der Waals surface area contributed by atoms with Gasteiger partial charge in [-0.1, -0.05) is 13.8 Å². The van der Waals surface area contributed by atoms with E-state index in [1.54, 1.807) is 17.1 Å². The van der Waals surface area contributed by atoms with Crippen molar-refractivity contribution in [2.24, 2.45) is 5.92 Å². The van der Waals surface area contributed by atoms with Crippen LogP contribution in [0, 0.1) is 11.8 Å². The van der Waals surface area contributed by atoms with Crippen molar-refractivity contribution >= 4 is 0 Å². The Hall–Kier alpha value is 0.324. The van der Waals surface area contributed by atoms with Crippen LogP contribution in [0.15, 0.2) is 11.1 Å². The largest absolute Gasteiger partial charge is 0.217 e. The van der Waals surface area contributed by atoms with Gasteiger partial charge < -0.3 is 0 Å². The molecule has 0 saturated heterocycles. The van der Waals surface area contributed by atoms with Crippen molar-refractivity contribution in [1.82, 2.24) is 0 Å². The molecule has 10 heavy (non-hydrogen) atoms. The minimum Gasteiger partial charge on any atom is -0.217 e. The van der Waals surface area contributed by atoms with Crippen molar-refractivity contribution in [2.75, 3.05) is 0 Å². The van der Waals surface area contributed by atoms with Gasteiger partial charge in [0.25, 0.3) is 0 Å². The smallest absolute Gasteiger partial charge is 0 e. The molecule has 0 nitrogen and oxygen atoms in total. The van der Waals surface area contributed by atoms with Crippen molar-refractivity contribution < 1.29 is 21.7 Å². The summed E-state index contributed by atoms with van der Waals surface area (Å²) in [5.74, 6) is 2.40. The van der Waals surface area contributed by atoms with Gasteiger partial charge in [0.05, 0.1) is 0 Å². The monoisotopic (exact) mass is 171 g/mol. The first-order chi connectivity index (χ1) is 4.13. The predicted octanol–water partition coefficient (Wildman–Crippen LogP) is 2.95. The zero-order valence-corrected chi connectivity index (χ0v) is 8.85. The van der Waals surface area contributed by atoms with E-state index >= 15 is 0 Å². The minimum atomic E-state index is 0. The van der Waals surface area contributed by atoms with Gasteiger partial charge in [-0.3, -0.25) is 0 Å². The molecule has 0 aliphatic heterocycles. The predicted molar refractivity (Wildman–Crippen MR) is 41.1 cm³/mol. The van der Waals surface area contributed by atoms with Crippen molar-refractivity contribution in [1.29, 1.82) is 0 Å². The summed E-state index contributed by atoms with van der Waals surface area (Å²) in [6.07, 6.45) is 1.29. The van der Waals surface area contributed by atoms with Gasteiger partial charge in [0.15, 0.2) is 0 Å². The third-order valence-electron chi connectivity index (χ3n) is 2.58. The summed E-state index contributed by atoms with van der Waals surface area (Å²) in [5, 5.41) is 0. The van der Waals surface area contributed by atoms with Crippen LogP contribution in [0.25, 0.3) is 0 Å². The normalized spacial score (nSPS) is 25.2. The number of rotatable bonds is 0. The summed E-state index contributed by atoms with van der Waals surface area (Å²) in [6, 6.07) is 0. The van der Waals surface area contributed by atoms with Gasteiger partial charge in [-0.2, -0.15) is 0 Å². The summed E-state index contributed by atoms with van der Waals surface area (Å²) in [6.45, 7) is 9.02. The number of hydrogen-bond donors (Lipinski definition) is 0. The van der Waals surface area contributed by atoms with E-state index < -0.39 is 0 Å². The Labute approximate surface area is 79.0 Å². The number of hydrogen-bond acceptors (Lipinski definition) is 0. The first-order valence-electron chi connectivity index (χ1n) is 3.63. The maximum Gasteiger partial charge on any atom is 0 e. The molecular weight excluding hydrogens is 156 g/mol. The molecule has 0 heterocycles. The van der Waals surface area contributed by atoms with Crippen LogP contribution in [0.3, 0.4) is 0 Å². The molecular formula is C9H15Ti-. The topological polar surface area (TPSA) is 0 Å². The molecule has 1 aliphatic rings. The first kappa shape index (κ1) is 10.3. The Morgan fingerprint density at radius 3 is 2.00 bits per heavy atom. The zero-order chi connectivity index (χ0) is 7.02. The van der Waals surface area contributed by atoms with E-state index in [0.29, 0.717) is 0 Å². The van der Waals surface area contributed by atoms with E-state index in [2.05, 4.69) is 27.7 Å². The minimum absolute atomic E-state index is 0.